The summed E-state index contributed by atoms with van der Waals surface area (Å²) in [4.78, 5) is 36.8. The molecule has 0 fully saturated rings. The second-order valence-electron chi connectivity index (χ2n) is 3.90. The Hall–Kier alpha value is -2.12. The minimum atomic E-state index is -0.639. The molecule has 1 rings (SSSR count). The van der Waals surface area contributed by atoms with Crippen LogP contribution in [-0.4, -0.2) is 41.6 Å². The predicted molar refractivity (Wildman–Crippen MR) is 63.8 cm³/mol. The maximum Gasteiger partial charge on any atom is 0.236 e. The van der Waals surface area contributed by atoms with E-state index in [4.69, 9.17) is 13.6 Å². The summed E-state index contributed by atoms with van der Waals surface area (Å²) in [6, 6.07) is 0. The van der Waals surface area contributed by atoms with E-state index in [9.17, 15) is 14.4 Å². The molecule has 1 aromatic rings. The van der Waals surface area contributed by atoms with Crippen LogP contribution in [0.5, 0.6) is 0 Å². The Morgan fingerprint density at radius 3 is 2.72 bits per heavy atom. The lowest BCUT2D eigenvalue weighted by atomic mass is 10.1. The van der Waals surface area contributed by atoms with Gasteiger partial charge in [0.25, 0.3) is 0 Å². The Kier molecular flexibility index (Phi) is 4.64. The fourth-order valence-corrected chi connectivity index (χ4v) is 1.34. The molecule has 1 unspecified atom stereocenters. The number of aromatic nitrogens is 2. The third-order valence-corrected chi connectivity index (χ3v) is 2.29. The molecule has 0 aliphatic carbocycles. The minimum Gasteiger partial charge on any atom is -0.368 e. The number of carbonyl (C=O) groups excluding carboxylic acids is 3. The van der Waals surface area contributed by atoms with Crippen molar-refractivity contribution in [3.05, 3.63) is 18.2 Å². The fraction of sp³-hybridized carbons (Fsp3) is 0.400. The van der Waals surface area contributed by atoms with Crippen molar-refractivity contribution in [3.63, 3.8) is 0 Å². The molecular formula is C10H13BN4O3. The number of imidazole rings is 1. The van der Waals surface area contributed by atoms with Crippen LogP contribution in [0.3, 0.4) is 0 Å². The van der Waals surface area contributed by atoms with E-state index < -0.39 is 11.7 Å². The summed E-state index contributed by atoms with van der Waals surface area (Å²) in [5.74, 6) is -1.93. The van der Waals surface area contributed by atoms with E-state index >= 15 is 0 Å². The zero-order chi connectivity index (χ0) is 13.7. The van der Waals surface area contributed by atoms with Gasteiger partial charge in [-0.05, 0) is 0 Å². The third-order valence-electron chi connectivity index (χ3n) is 2.29. The standard InChI is InChI=1S/C10H13BN4O3/c1-6(9(17)13-3-8(12)16)2-7-4-15(5-14-7)10(11)18/h4-6H,2-3H2,1H3,(H2,12,16)(H,13,17). The molecule has 1 atom stereocenters. The lowest BCUT2D eigenvalue weighted by molar-refractivity contribution is -0.127. The molecule has 7 nitrogen and oxygen atoms in total. The van der Waals surface area contributed by atoms with Gasteiger partial charge in [-0.3, -0.25) is 19.0 Å². The molecule has 8 heteroatoms. The molecule has 0 bridgehead atoms. The van der Waals surface area contributed by atoms with Crippen LogP contribution in [0.4, 0.5) is 4.79 Å². The first kappa shape index (κ1) is 13.9. The molecule has 1 aromatic heterocycles. The highest BCUT2D eigenvalue weighted by Crippen LogP contribution is 2.06. The molecule has 94 valence electrons. The average molecular weight is 248 g/mol. The van der Waals surface area contributed by atoms with Gasteiger partial charge in [-0.25, -0.2) is 4.98 Å². The molecular weight excluding hydrogens is 235 g/mol. The summed E-state index contributed by atoms with van der Waals surface area (Å²) in [6.07, 6.45) is 3.08. The van der Waals surface area contributed by atoms with Gasteiger partial charge in [0.1, 0.15) is 6.33 Å². The van der Waals surface area contributed by atoms with Crippen LogP contribution in [0.1, 0.15) is 12.6 Å². The van der Waals surface area contributed by atoms with Crippen LogP contribution in [0.15, 0.2) is 12.5 Å². The lowest BCUT2D eigenvalue weighted by Crippen LogP contribution is -2.37. The van der Waals surface area contributed by atoms with Crippen molar-refractivity contribution >= 4 is 25.5 Å². The van der Waals surface area contributed by atoms with Gasteiger partial charge in [-0.1, -0.05) is 6.92 Å². The van der Waals surface area contributed by atoms with E-state index in [2.05, 4.69) is 10.3 Å². The third kappa shape index (κ3) is 4.04. The monoisotopic (exact) mass is 248 g/mol. The van der Waals surface area contributed by atoms with Gasteiger partial charge in [0.05, 0.1) is 12.2 Å². The number of hydrogen-bond donors (Lipinski definition) is 2. The van der Waals surface area contributed by atoms with E-state index in [0.717, 1.165) is 4.57 Å². The van der Waals surface area contributed by atoms with Gasteiger partial charge < -0.3 is 11.1 Å². The summed E-state index contributed by atoms with van der Waals surface area (Å²) in [6.45, 7) is 1.48. The van der Waals surface area contributed by atoms with Crippen molar-refractivity contribution in [3.8, 4) is 0 Å². The molecule has 1 heterocycles. The summed E-state index contributed by atoms with van der Waals surface area (Å²) >= 11 is 0. The number of nitrogens with two attached hydrogens (primary N) is 1. The molecule has 2 radical (unpaired) electrons. The van der Waals surface area contributed by atoms with Crippen LogP contribution >= 0.6 is 0 Å². The van der Waals surface area contributed by atoms with Crippen molar-refractivity contribution in [2.75, 3.05) is 6.54 Å². The molecule has 0 spiro atoms. The lowest BCUT2D eigenvalue weighted by Gasteiger charge is -2.09. The van der Waals surface area contributed by atoms with E-state index in [1.807, 2.05) is 0 Å². The van der Waals surface area contributed by atoms with Crippen molar-refractivity contribution in [1.29, 1.82) is 0 Å². The summed E-state index contributed by atoms with van der Waals surface area (Å²) < 4.78 is 1.13. The molecule has 0 aliphatic rings. The quantitative estimate of drug-likeness (QED) is 0.638. The summed E-state index contributed by atoms with van der Waals surface area (Å²) in [7, 11) is 5.05. The van der Waals surface area contributed by atoms with E-state index in [1.54, 1.807) is 6.92 Å². The first-order chi connectivity index (χ1) is 8.40. The number of carbonyl (C=O) groups is 3. The largest absolute Gasteiger partial charge is 0.368 e. The molecule has 2 amide bonds. The molecule has 0 aliphatic heterocycles. The molecule has 3 N–H and O–H groups in total. The number of nitrogens with zero attached hydrogens (tertiary/aromatic N) is 2. The topological polar surface area (TPSA) is 107 Å². The molecule has 0 saturated heterocycles. The number of primary amides is 1. The van der Waals surface area contributed by atoms with Crippen LogP contribution in [0, 0.1) is 5.92 Å². The van der Waals surface area contributed by atoms with Crippen molar-refractivity contribution in [2.45, 2.75) is 13.3 Å². The Labute approximate surface area is 105 Å². The second-order valence-corrected chi connectivity index (χ2v) is 3.90. The van der Waals surface area contributed by atoms with Crippen LogP contribution in [-0.2, 0) is 16.0 Å². The molecule has 0 saturated carbocycles. The van der Waals surface area contributed by atoms with E-state index in [-0.39, 0.29) is 18.4 Å². The highest BCUT2D eigenvalue weighted by Gasteiger charge is 2.15. The Balaban J connectivity index is 2.52. The minimum absolute atomic E-state index is 0.196. The number of hydrogen-bond acceptors (Lipinski definition) is 4. The van der Waals surface area contributed by atoms with Gasteiger partial charge in [-0.15, -0.1) is 0 Å². The van der Waals surface area contributed by atoms with Gasteiger partial charge in [-0.2, -0.15) is 0 Å². The highest BCUT2D eigenvalue weighted by atomic mass is 16.2. The van der Waals surface area contributed by atoms with Gasteiger partial charge >= 0.3 is 0 Å². The van der Waals surface area contributed by atoms with Gasteiger partial charge in [0.2, 0.25) is 19.7 Å². The summed E-state index contributed by atoms with van der Waals surface area (Å²) in [5.41, 5.74) is 5.47. The zero-order valence-electron chi connectivity index (χ0n) is 9.92. The highest BCUT2D eigenvalue weighted by molar-refractivity contribution is 6.57. The maximum absolute atomic E-state index is 11.5. The van der Waals surface area contributed by atoms with Crippen LogP contribution in [0.25, 0.3) is 0 Å². The fourth-order valence-electron chi connectivity index (χ4n) is 1.34. The molecule has 0 aromatic carbocycles. The zero-order valence-corrected chi connectivity index (χ0v) is 9.92. The van der Waals surface area contributed by atoms with Gasteiger partial charge in [0.15, 0.2) is 5.81 Å². The normalized spacial score (nSPS) is 11.8. The number of nitrogens with one attached hydrogen (secondary N) is 1. The number of amides is 2. The number of rotatable bonds is 5. The van der Waals surface area contributed by atoms with Gasteiger partial charge in [0, 0.05) is 18.5 Å². The SMILES string of the molecule is [B]C(=O)n1cnc(CC(C)C(=O)NCC(N)=O)c1. The Morgan fingerprint density at radius 1 is 1.56 bits per heavy atom. The first-order valence-electron chi connectivity index (χ1n) is 5.29. The molecule has 18 heavy (non-hydrogen) atoms. The average Bonchev–Trinajstić information content (AvgIpc) is 2.74. The van der Waals surface area contributed by atoms with E-state index in [1.165, 1.54) is 12.5 Å². The van der Waals surface area contributed by atoms with Crippen molar-refractivity contribution in [1.82, 2.24) is 14.9 Å². The van der Waals surface area contributed by atoms with Crippen LogP contribution in [0.2, 0.25) is 0 Å². The van der Waals surface area contributed by atoms with Crippen molar-refractivity contribution in [2.24, 2.45) is 11.7 Å². The Bertz CT molecular complexity index is 471. The smallest absolute Gasteiger partial charge is 0.236 e. The van der Waals surface area contributed by atoms with E-state index in [0.29, 0.717) is 12.1 Å². The predicted octanol–water partition coefficient (Wildman–Crippen LogP) is -1.20. The first-order valence-corrected chi connectivity index (χ1v) is 5.29. The summed E-state index contributed by atoms with van der Waals surface area (Å²) in [5, 5.41) is 2.39. The second kappa shape index (κ2) is 5.99. The maximum atomic E-state index is 11.5. The van der Waals surface area contributed by atoms with Crippen molar-refractivity contribution < 1.29 is 14.4 Å². The van der Waals surface area contributed by atoms with Crippen LogP contribution < -0.4 is 11.1 Å². The Morgan fingerprint density at radius 2 is 2.22 bits per heavy atom.